The second kappa shape index (κ2) is 9.98. The van der Waals surface area contributed by atoms with Crippen molar-refractivity contribution in [2.24, 2.45) is 5.73 Å². The number of hydrogen-bond donors (Lipinski definition) is 3. The van der Waals surface area contributed by atoms with Gasteiger partial charge in [-0.2, -0.15) is 0 Å². The zero-order valence-corrected chi connectivity index (χ0v) is 17.0. The van der Waals surface area contributed by atoms with Gasteiger partial charge in [0.25, 0.3) is 5.91 Å². The number of carbonyl (C=O) groups is 1. The summed E-state index contributed by atoms with van der Waals surface area (Å²) in [7, 11) is -3.63. The van der Waals surface area contributed by atoms with Crippen LogP contribution in [0.4, 0.5) is 5.69 Å². The van der Waals surface area contributed by atoms with Crippen molar-refractivity contribution in [2.75, 3.05) is 11.9 Å². The Morgan fingerprint density at radius 1 is 1.38 bits per heavy atom. The van der Waals surface area contributed by atoms with E-state index in [1.165, 1.54) is 23.5 Å². The molecule has 1 unspecified atom stereocenters. The third kappa shape index (κ3) is 6.03. The van der Waals surface area contributed by atoms with E-state index in [1.54, 1.807) is 24.4 Å². The molecule has 0 bridgehead atoms. The number of nitrogens with two attached hydrogens (primary N) is 1. The molecule has 0 aliphatic rings. The minimum Gasteiger partial charge on any atom is -0.330 e. The van der Waals surface area contributed by atoms with Gasteiger partial charge >= 0.3 is 0 Å². The van der Waals surface area contributed by atoms with E-state index in [9.17, 15) is 13.2 Å². The minimum atomic E-state index is -3.63. The van der Waals surface area contributed by atoms with Crippen molar-refractivity contribution in [3.05, 3.63) is 40.3 Å². The molecule has 10 heteroatoms. The van der Waals surface area contributed by atoms with E-state index >= 15 is 0 Å². The Balaban J connectivity index is 0.00000338. The lowest BCUT2D eigenvalue weighted by Crippen LogP contribution is -2.32. The van der Waals surface area contributed by atoms with Gasteiger partial charge in [-0.1, -0.05) is 13.0 Å². The molecule has 1 heterocycles. The van der Waals surface area contributed by atoms with Gasteiger partial charge in [0.15, 0.2) is 0 Å². The fraction of sp³-hybridized carbons (Fsp3) is 0.375. The van der Waals surface area contributed by atoms with Crippen LogP contribution in [0.3, 0.4) is 0 Å². The number of nitrogens with zero attached hydrogens (tertiary/aromatic N) is 1. The van der Waals surface area contributed by atoms with Crippen molar-refractivity contribution in [3.63, 3.8) is 0 Å². The van der Waals surface area contributed by atoms with Crippen LogP contribution in [0, 0.1) is 0 Å². The van der Waals surface area contributed by atoms with Crippen molar-refractivity contribution in [1.82, 2.24) is 9.71 Å². The highest BCUT2D eigenvalue weighted by Crippen LogP contribution is 2.18. The summed E-state index contributed by atoms with van der Waals surface area (Å²) in [5.41, 5.74) is 6.16. The van der Waals surface area contributed by atoms with Crippen LogP contribution in [0.2, 0.25) is 0 Å². The number of halogens is 1. The van der Waals surface area contributed by atoms with Gasteiger partial charge in [-0.05, 0) is 38.1 Å². The summed E-state index contributed by atoms with van der Waals surface area (Å²) in [6.07, 6.45) is 1.30. The summed E-state index contributed by atoms with van der Waals surface area (Å²) in [5.74, 6) is -0.385. The van der Waals surface area contributed by atoms with Crippen LogP contribution in [0.5, 0.6) is 0 Å². The summed E-state index contributed by atoms with van der Waals surface area (Å²) < 4.78 is 27.3. The maximum Gasteiger partial charge on any atom is 0.275 e. The van der Waals surface area contributed by atoms with E-state index in [0.29, 0.717) is 30.8 Å². The summed E-state index contributed by atoms with van der Waals surface area (Å²) >= 11 is 1.37. The fourth-order valence-electron chi connectivity index (χ4n) is 2.01. The molecule has 0 aliphatic heterocycles. The maximum atomic E-state index is 12.3. The SMILES string of the molecule is CCC(C)NS(=O)(=O)c1cccc(NC(=O)c2csc(CCN)n2)c1.Cl. The molecule has 4 N–H and O–H groups in total. The molecule has 144 valence electrons. The number of thiazole rings is 1. The number of benzene rings is 1. The van der Waals surface area contributed by atoms with Crippen molar-refractivity contribution in [3.8, 4) is 0 Å². The molecule has 0 saturated carbocycles. The average Bonchev–Trinajstić information content (AvgIpc) is 3.04. The highest BCUT2D eigenvalue weighted by molar-refractivity contribution is 7.89. The zero-order chi connectivity index (χ0) is 18.4. The van der Waals surface area contributed by atoms with Crippen LogP contribution < -0.4 is 15.8 Å². The van der Waals surface area contributed by atoms with Crippen LogP contribution >= 0.6 is 23.7 Å². The second-order valence-electron chi connectivity index (χ2n) is 5.58. The third-order valence-corrected chi connectivity index (χ3v) is 6.01. The molecule has 1 amide bonds. The Morgan fingerprint density at radius 3 is 2.77 bits per heavy atom. The van der Waals surface area contributed by atoms with Crippen LogP contribution in [-0.2, 0) is 16.4 Å². The highest BCUT2D eigenvalue weighted by Gasteiger charge is 2.18. The minimum absolute atomic E-state index is 0. The number of anilines is 1. The van der Waals surface area contributed by atoms with Crippen LogP contribution in [0.1, 0.15) is 35.8 Å². The third-order valence-electron chi connectivity index (χ3n) is 3.51. The molecule has 1 aromatic carbocycles. The first-order valence-electron chi connectivity index (χ1n) is 7.94. The standard InChI is InChI=1S/C16H22N4O3S2.ClH/c1-3-11(2)20-25(22,23)13-6-4-5-12(9-13)18-16(21)14-10-24-15(19-14)7-8-17;/h4-6,9-11,20H,3,7-8,17H2,1-2H3,(H,18,21);1H. The number of carbonyl (C=O) groups excluding carboxylic acids is 1. The first-order chi connectivity index (χ1) is 11.9. The van der Waals surface area contributed by atoms with Crippen LogP contribution in [0.25, 0.3) is 0 Å². The average molecular weight is 419 g/mol. The van der Waals surface area contributed by atoms with Gasteiger partial charge in [0.05, 0.1) is 9.90 Å². The van der Waals surface area contributed by atoms with Crippen molar-refractivity contribution < 1.29 is 13.2 Å². The van der Waals surface area contributed by atoms with E-state index in [0.717, 1.165) is 5.01 Å². The largest absolute Gasteiger partial charge is 0.330 e. The molecule has 7 nitrogen and oxygen atoms in total. The van der Waals surface area contributed by atoms with Gasteiger partial charge in [-0.3, -0.25) is 4.79 Å². The fourth-order valence-corrected chi connectivity index (χ4v) is 4.17. The van der Waals surface area contributed by atoms with E-state index in [2.05, 4.69) is 15.0 Å². The predicted molar refractivity (Wildman–Crippen MR) is 107 cm³/mol. The molecule has 0 saturated heterocycles. The highest BCUT2D eigenvalue weighted by atomic mass is 35.5. The van der Waals surface area contributed by atoms with Gasteiger partial charge in [0.2, 0.25) is 10.0 Å². The summed E-state index contributed by atoms with van der Waals surface area (Å²) in [6, 6.07) is 5.96. The van der Waals surface area contributed by atoms with E-state index < -0.39 is 10.0 Å². The molecule has 0 aliphatic carbocycles. The lowest BCUT2D eigenvalue weighted by Gasteiger charge is -2.13. The predicted octanol–water partition coefficient (Wildman–Crippen LogP) is 2.40. The Kier molecular flexibility index (Phi) is 8.65. The number of sulfonamides is 1. The maximum absolute atomic E-state index is 12.3. The molecule has 0 radical (unpaired) electrons. The quantitative estimate of drug-likeness (QED) is 0.609. The van der Waals surface area contributed by atoms with Crippen molar-refractivity contribution in [1.29, 1.82) is 0 Å². The molecular formula is C16H23ClN4O3S2. The van der Waals surface area contributed by atoms with Gasteiger partial charge in [0.1, 0.15) is 5.69 Å². The Morgan fingerprint density at radius 2 is 2.12 bits per heavy atom. The molecule has 2 aromatic rings. The summed E-state index contributed by atoms with van der Waals surface area (Å²) in [6.45, 7) is 4.17. The molecule has 0 spiro atoms. The van der Waals surface area contributed by atoms with Gasteiger partial charge < -0.3 is 11.1 Å². The lowest BCUT2D eigenvalue weighted by molar-refractivity contribution is 0.102. The summed E-state index contributed by atoms with van der Waals surface area (Å²) in [5, 5.41) is 5.13. The first-order valence-corrected chi connectivity index (χ1v) is 10.3. The normalized spacial score (nSPS) is 12.3. The van der Waals surface area contributed by atoms with Crippen LogP contribution in [0.15, 0.2) is 34.5 Å². The Hall–Kier alpha value is -1.52. The van der Waals surface area contributed by atoms with Gasteiger partial charge in [0, 0.05) is 23.5 Å². The molecular weight excluding hydrogens is 396 g/mol. The van der Waals surface area contributed by atoms with Crippen LogP contribution in [-0.4, -0.2) is 31.9 Å². The monoisotopic (exact) mass is 418 g/mol. The second-order valence-corrected chi connectivity index (χ2v) is 8.23. The molecule has 26 heavy (non-hydrogen) atoms. The van der Waals surface area contributed by atoms with E-state index in [-0.39, 0.29) is 29.3 Å². The number of aromatic nitrogens is 1. The van der Waals surface area contributed by atoms with E-state index in [1.807, 2.05) is 6.92 Å². The topological polar surface area (TPSA) is 114 Å². The molecule has 1 aromatic heterocycles. The van der Waals surface area contributed by atoms with Gasteiger partial charge in [-0.25, -0.2) is 18.1 Å². The number of rotatable bonds is 8. The molecule has 0 fully saturated rings. The number of hydrogen-bond acceptors (Lipinski definition) is 6. The Bertz CT molecular complexity index is 840. The van der Waals surface area contributed by atoms with Crippen molar-refractivity contribution >= 4 is 45.4 Å². The summed E-state index contributed by atoms with van der Waals surface area (Å²) in [4.78, 5) is 16.6. The Labute approximate surface area is 163 Å². The van der Waals surface area contributed by atoms with Gasteiger partial charge in [-0.15, -0.1) is 23.7 Å². The molecule has 1 atom stereocenters. The number of amides is 1. The smallest absolute Gasteiger partial charge is 0.275 e. The van der Waals surface area contributed by atoms with Crippen molar-refractivity contribution in [2.45, 2.75) is 37.6 Å². The zero-order valence-electron chi connectivity index (χ0n) is 14.6. The molecule has 2 rings (SSSR count). The lowest BCUT2D eigenvalue weighted by atomic mass is 10.3. The number of nitrogens with one attached hydrogen (secondary N) is 2. The van der Waals surface area contributed by atoms with E-state index in [4.69, 9.17) is 5.73 Å². The first kappa shape index (κ1) is 22.5.